The summed E-state index contributed by atoms with van der Waals surface area (Å²) in [5.74, 6) is 1.37. The quantitative estimate of drug-likeness (QED) is 0.704. The molecule has 1 N–H and O–H groups in total. The SMILES string of the molecule is Cc1cc2nnc(SCCC(=O)Nc3cccc(Cl)c3)n2c(C)n1. The van der Waals surface area contributed by atoms with Gasteiger partial charge in [0.1, 0.15) is 5.82 Å². The molecule has 0 spiro atoms. The summed E-state index contributed by atoms with van der Waals surface area (Å²) < 4.78 is 1.90. The number of amides is 1. The third-order valence-electron chi connectivity index (χ3n) is 3.33. The first-order valence-electron chi connectivity index (χ1n) is 7.40. The number of nitrogens with one attached hydrogen (secondary N) is 1. The van der Waals surface area contributed by atoms with Gasteiger partial charge in [-0.05, 0) is 32.0 Å². The maximum absolute atomic E-state index is 12.0. The number of thioether (sulfide) groups is 1. The molecule has 1 amide bonds. The normalized spacial score (nSPS) is 11.0. The molecule has 124 valence electrons. The van der Waals surface area contributed by atoms with Gasteiger partial charge in [0.15, 0.2) is 10.8 Å². The van der Waals surface area contributed by atoms with E-state index >= 15 is 0 Å². The standard InChI is InChI=1S/C16H16ClN5OS/c1-10-8-14-20-21-16(22(14)11(2)18-10)24-7-6-15(23)19-13-5-3-4-12(17)9-13/h3-5,8-9H,6-7H2,1-2H3,(H,19,23). The van der Waals surface area contributed by atoms with Crippen LogP contribution < -0.4 is 5.32 Å². The van der Waals surface area contributed by atoms with Crippen LogP contribution in [-0.2, 0) is 4.79 Å². The van der Waals surface area contributed by atoms with Crippen LogP contribution >= 0.6 is 23.4 Å². The average molecular weight is 362 g/mol. The molecule has 0 fully saturated rings. The fourth-order valence-electron chi connectivity index (χ4n) is 2.32. The molecular weight excluding hydrogens is 346 g/mol. The Labute approximate surface area is 148 Å². The monoisotopic (exact) mass is 361 g/mol. The van der Waals surface area contributed by atoms with E-state index in [-0.39, 0.29) is 5.91 Å². The minimum Gasteiger partial charge on any atom is -0.326 e. The summed E-state index contributed by atoms with van der Waals surface area (Å²) in [7, 11) is 0. The predicted molar refractivity (Wildman–Crippen MR) is 95.7 cm³/mol. The summed E-state index contributed by atoms with van der Waals surface area (Å²) in [6.07, 6.45) is 0.366. The minimum absolute atomic E-state index is 0.0655. The molecular formula is C16H16ClN5OS. The van der Waals surface area contributed by atoms with Crippen LogP contribution in [0.15, 0.2) is 35.5 Å². The first-order chi connectivity index (χ1) is 11.5. The van der Waals surface area contributed by atoms with Crippen molar-refractivity contribution in [1.29, 1.82) is 0 Å². The first-order valence-corrected chi connectivity index (χ1v) is 8.77. The third kappa shape index (κ3) is 3.85. The molecule has 0 saturated carbocycles. The lowest BCUT2D eigenvalue weighted by Gasteiger charge is -2.06. The zero-order valence-corrected chi connectivity index (χ0v) is 14.9. The third-order valence-corrected chi connectivity index (χ3v) is 4.49. The van der Waals surface area contributed by atoms with E-state index in [2.05, 4.69) is 20.5 Å². The summed E-state index contributed by atoms with van der Waals surface area (Å²) in [6.45, 7) is 3.84. The molecule has 0 aliphatic rings. The topological polar surface area (TPSA) is 72.2 Å². The van der Waals surface area contributed by atoms with Gasteiger partial charge < -0.3 is 5.32 Å². The number of rotatable bonds is 5. The van der Waals surface area contributed by atoms with Gasteiger partial charge in [-0.25, -0.2) is 4.98 Å². The van der Waals surface area contributed by atoms with E-state index in [9.17, 15) is 4.79 Å². The minimum atomic E-state index is -0.0655. The molecule has 0 unspecified atom stereocenters. The average Bonchev–Trinajstić information content (AvgIpc) is 2.90. The molecule has 2 aromatic heterocycles. The number of carbonyl (C=O) groups is 1. The summed E-state index contributed by atoms with van der Waals surface area (Å²) in [5, 5.41) is 12.5. The van der Waals surface area contributed by atoms with Gasteiger partial charge in [-0.3, -0.25) is 9.20 Å². The maximum Gasteiger partial charge on any atom is 0.225 e. The molecule has 1 aromatic carbocycles. The Kier molecular flexibility index (Phi) is 5.01. The van der Waals surface area contributed by atoms with Crippen molar-refractivity contribution in [3.8, 4) is 0 Å². The molecule has 0 atom stereocenters. The van der Waals surface area contributed by atoms with Crippen LogP contribution in [0.3, 0.4) is 0 Å². The van der Waals surface area contributed by atoms with Gasteiger partial charge in [-0.1, -0.05) is 29.4 Å². The van der Waals surface area contributed by atoms with Crippen LogP contribution in [0.5, 0.6) is 0 Å². The van der Waals surface area contributed by atoms with Gasteiger partial charge in [-0.15, -0.1) is 10.2 Å². The Hall–Kier alpha value is -2.12. The predicted octanol–water partition coefficient (Wildman–Crippen LogP) is 3.52. The molecule has 0 saturated heterocycles. The number of hydrogen-bond donors (Lipinski definition) is 1. The number of fused-ring (bicyclic) bond motifs is 1. The van der Waals surface area contributed by atoms with Crippen molar-refractivity contribution >= 4 is 40.6 Å². The van der Waals surface area contributed by atoms with Crippen LogP contribution in [0.1, 0.15) is 17.9 Å². The van der Waals surface area contributed by atoms with E-state index in [1.165, 1.54) is 11.8 Å². The second kappa shape index (κ2) is 7.19. The van der Waals surface area contributed by atoms with Gasteiger partial charge in [-0.2, -0.15) is 0 Å². The second-order valence-electron chi connectivity index (χ2n) is 5.28. The van der Waals surface area contributed by atoms with Crippen LogP contribution in [0, 0.1) is 13.8 Å². The zero-order chi connectivity index (χ0) is 17.1. The molecule has 3 aromatic rings. The highest BCUT2D eigenvalue weighted by Gasteiger charge is 2.11. The lowest BCUT2D eigenvalue weighted by Crippen LogP contribution is -2.12. The molecule has 8 heteroatoms. The number of carbonyl (C=O) groups excluding carboxylic acids is 1. The molecule has 3 rings (SSSR count). The summed E-state index contributed by atoms with van der Waals surface area (Å²) in [5.41, 5.74) is 2.37. The molecule has 24 heavy (non-hydrogen) atoms. The lowest BCUT2D eigenvalue weighted by atomic mass is 10.3. The highest BCUT2D eigenvalue weighted by molar-refractivity contribution is 7.99. The van der Waals surface area contributed by atoms with Crippen LogP contribution in [0.4, 0.5) is 5.69 Å². The van der Waals surface area contributed by atoms with Gasteiger partial charge in [0, 0.05) is 34.6 Å². The molecule has 0 aliphatic carbocycles. The van der Waals surface area contributed by atoms with E-state index in [4.69, 9.17) is 11.6 Å². The number of nitrogens with zero attached hydrogens (tertiary/aromatic N) is 4. The second-order valence-corrected chi connectivity index (χ2v) is 6.78. The number of halogens is 1. The summed E-state index contributed by atoms with van der Waals surface area (Å²) in [6, 6.07) is 8.97. The van der Waals surface area contributed by atoms with Crippen molar-refractivity contribution < 1.29 is 4.79 Å². The molecule has 2 heterocycles. The van der Waals surface area contributed by atoms with Crippen molar-refractivity contribution in [3.63, 3.8) is 0 Å². The highest BCUT2D eigenvalue weighted by Crippen LogP contribution is 2.20. The van der Waals surface area contributed by atoms with Gasteiger partial charge in [0.05, 0.1) is 0 Å². The Morgan fingerprint density at radius 2 is 2.12 bits per heavy atom. The van der Waals surface area contributed by atoms with E-state index in [0.717, 1.165) is 22.3 Å². The van der Waals surface area contributed by atoms with Crippen molar-refractivity contribution in [2.45, 2.75) is 25.4 Å². The number of aromatic nitrogens is 4. The van der Waals surface area contributed by atoms with Crippen molar-refractivity contribution in [1.82, 2.24) is 19.6 Å². The molecule has 0 aliphatic heterocycles. The Balaban J connectivity index is 1.59. The van der Waals surface area contributed by atoms with E-state index < -0.39 is 0 Å². The van der Waals surface area contributed by atoms with Crippen LogP contribution in [0.2, 0.25) is 5.02 Å². The molecule has 6 nitrogen and oxygen atoms in total. The summed E-state index contributed by atoms with van der Waals surface area (Å²) in [4.78, 5) is 16.4. The largest absolute Gasteiger partial charge is 0.326 e. The summed E-state index contributed by atoms with van der Waals surface area (Å²) >= 11 is 7.38. The van der Waals surface area contributed by atoms with Gasteiger partial charge in [0.25, 0.3) is 0 Å². The molecule has 0 radical (unpaired) electrons. The Morgan fingerprint density at radius 3 is 2.92 bits per heavy atom. The van der Waals surface area contributed by atoms with Crippen LogP contribution in [-0.4, -0.2) is 31.2 Å². The fraction of sp³-hybridized carbons (Fsp3) is 0.250. The number of aryl methyl sites for hydroxylation is 2. The Bertz CT molecular complexity index is 895. The van der Waals surface area contributed by atoms with E-state index in [1.807, 2.05) is 24.3 Å². The van der Waals surface area contributed by atoms with Gasteiger partial charge >= 0.3 is 0 Å². The first kappa shape index (κ1) is 16.7. The van der Waals surface area contributed by atoms with Crippen molar-refractivity contribution in [2.75, 3.05) is 11.1 Å². The highest BCUT2D eigenvalue weighted by atomic mass is 35.5. The zero-order valence-electron chi connectivity index (χ0n) is 13.3. The smallest absolute Gasteiger partial charge is 0.225 e. The number of benzene rings is 1. The lowest BCUT2D eigenvalue weighted by molar-refractivity contribution is -0.115. The maximum atomic E-state index is 12.0. The van der Waals surface area contributed by atoms with Crippen molar-refractivity contribution in [2.24, 2.45) is 0 Å². The van der Waals surface area contributed by atoms with Crippen molar-refractivity contribution in [3.05, 3.63) is 46.9 Å². The van der Waals surface area contributed by atoms with Gasteiger partial charge in [0.2, 0.25) is 5.91 Å². The number of hydrogen-bond acceptors (Lipinski definition) is 5. The van der Waals surface area contributed by atoms with E-state index in [1.54, 1.807) is 24.3 Å². The fourth-order valence-corrected chi connectivity index (χ4v) is 3.44. The van der Waals surface area contributed by atoms with Crippen LogP contribution in [0.25, 0.3) is 5.65 Å². The molecule has 0 bridgehead atoms. The number of anilines is 1. The Morgan fingerprint density at radius 1 is 1.29 bits per heavy atom. The van der Waals surface area contributed by atoms with E-state index in [0.29, 0.717) is 22.9 Å².